The summed E-state index contributed by atoms with van der Waals surface area (Å²) < 4.78 is 80.0. The molecule has 12 rings (SSSR count). The molecule has 6 N–H and O–H groups in total. The predicted octanol–water partition coefficient (Wildman–Crippen LogP) is 5.99. The van der Waals surface area contributed by atoms with Gasteiger partial charge in [-0.2, -0.15) is 14.5 Å². The number of aromatic nitrogens is 8. The van der Waals surface area contributed by atoms with Gasteiger partial charge in [0, 0.05) is 102 Å². The van der Waals surface area contributed by atoms with Crippen LogP contribution in [-0.4, -0.2) is 240 Å². The number of esters is 3. The molecule has 0 bridgehead atoms. The molecule has 106 heavy (non-hydrogen) atoms. The number of morpholine rings is 3. The Morgan fingerprint density at radius 3 is 1.20 bits per heavy atom. The van der Waals surface area contributed by atoms with Gasteiger partial charge in [0.1, 0.15) is 59.9 Å². The molecule has 3 aromatic heterocycles. The van der Waals surface area contributed by atoms with Crippen molar-refractivity contribution in [2.45, 2.75) is 83.9 Å². The molecule has 0 radical (unpaired) electrons. The Hall–Kier alpha value is -9.41. The van der Waals surface area contributed by atoms with E-state index in [0.717, 1.165) is 0 Å². The summed E-state index contributed by atoms with van der Waals surface area (Å²) in [4.78, 5) is 102. The Morgan fingerprint density at radius 2 is 0.887 bits per heavy atom. The number of aliphatic imine (C=N–C) groups is 3. The zero-order valence-corrected chi connectivity index (χ0v) is 62.6. The largest absolute Gasteiger partial charge is 0.481 e. The van der Waals surface area contributed by atoms with Gasteiger partial charge in [0.05, 0.1) is 81.4 Å². The standard InChI is InChI=1S/C23H26BrFN6O5.C23H25BrFN5O5.C22H24BrFN6O5/c1-3-35-22(34)20-18(11-30-6-7-36-15(10-30)9-19(32)33)27-23(31-12-26-13(2)29-31)28-21(20)16-5-4-14(25)8-17(16)24;1-2-34-22(33)20-18(13-29-8-9-35-15(12-29)11-19(31)32)27-23(30-7-3-6-26-30)28-21(20)16-5-4-14(25)10-17(16)24;1-3-34-21(33)18-16(9-29-6-7-35-17(10-29)20(31)32)26-22(30-11-25-12(2)28-30)27-19(18)14-5-4-13(24)8-15(14)23/h4-5,8,12,15,21H,3,6-7,9-11H2,1-2H3,(H,27,28)(H,32,33);3-7,10,15,21H,2,8-9,11-13H2,1H3,(H,27,28)(H,31,32);4-5,8,11,17,19H,3,6-7,9-10H2,1-2H3,(H,26,27)(H,31,32). The third-order valence-corrected chi connectivity index (χ3v) is 18.8. The van der Waals surface area contributed by atoms with Crippen LogP contribution in [0.5, 0.6) is 0 Å². The molecule has 0 amide bonds. The molecule has 38 heteroatoms. The third kappa shape index (κ3) is 20.4. The van der Waals surface area contributed by atoms with E-state index < -0.39 is 89.7 Å². The predicted molar refractivity (Wildman–Crippen MR) is 382 cm³/mol. The normalized spacial score (nSPS) is 20.8. The quantitative estimate of drug-likeness (QED) is 0.0377. The third-order valence-electron chi connectivity index (χ3n) is 16.8. The number of hydrogen-bond donors (Lipinski definition) is 6. The first-order valence-corrected chi connectivity index (χ1v) is 35.8. The van der Waals surface area contributed by atoms with Crippen molar-refractivity contribution < 1.29 is 85.7 Å². The fourth-order valence-corrected chi connectivity index (χ4v) is 13.8. The molecule has 6 unspecified atom stereocenters. The summed E-state index contributed by atoms with van der Waals surface area (Å²) in [5.74, 6) is -3.86. The fourth-order valence-electron chi connectivity index (χ4n) is 12.1. The van der Waals surface area contributed by atoms with E-state index in [9.17, 15) is 52.2 Å². The van der Waals surface area contributed by atoms with E-state index in [1.807, 2.05) is 14.7 Å². The van der Waals surface area contributed by atoms with Crippen LogP contribution in [-0.2, 0) is 57.2 Å². The Balaban J connectivity index is 0.000000170. The first kappa shape index (κ1) is 79.2. The average Bonchev–Trinajstić information content (AvgIpc) is 1.11. The number of nitrogens with zero attached hydrogens (tertiary/aromatic N) is 14. The molecule has 3 aromatic carbocycles. The van der Waals surface area contributed by atoms with Crippen molar-refractivity contribution in [3.63, 3.8) is 0 Å². The Kier molecular flexibility index (Phi) is 27.4. The van der Waals surface area contributed by atoms with Gasteiger partial charge in [-0.05, 0) is 93.8 Å². The van der Waals surface area contributed by atoms with Gasteiger partial charge in [-0.3, -0.25) is 24.3 Å². The molecule has 3 fully saturated rings. The van der Waals surface area contributed by atoms with E-state index in [4.69, 9.17) is 48.5 Å². The second-order valence-corrected chi connectivity index (χ2v) is 26.8. The lowest BCUT2D eigenvalue weighted by atomic mass is 9.95. The summed E-state index contributed by atoms with van der Waals surface area (Å²) in [6, 6.07) is 11.8. The van der Waals surface area contributed by atoms with E-state index in [1.54, 1.807) is 76.0 Å². The highest BCUT2D eigenvalue weighted by Crippen LogP contribution is 2.40. The molecule has 6 atom stereocenters. The van der Waals surface area contributed by atoms with Crippen LogP contribution in [0.3, 0.4) is 0 Å². The number of halogens is 6. The molecule has 6 aromatic rings. The van der Waals surface area contributed by atoms with Crippen molar-refractivity contribution in [1.82, 2.24) is 70.0 Å². The van der Waals surface area contributed by atoms with Gasteiger partial charge in [-0.1, -0.05) is 66.0 Å². The molecule has 3 saturated heterocycles. The number of nitrogens with one attached hydrogen (secondary N) is 3. The Morgan fingerprint density at radius 1 is 0.528 bits per heavy atom. The fraction of sp³-hybridized carbons (Fsp3) is 0.412. The summed E-state index contributed by atoms with van der Waals surface area (Å²) in [5.41, 5.74) is 4.02. The minimum atomic E-state index is -1.06. The first-order chi connectivity index (χ1) is 50.9. The maximum Gasteiger partial charge on any atom is 0.338 e. The van der Waals surface area contributed by atoms with Gasteiger partial charge >= 0.3 is 35.8 Å². The topological polar surface area (TPSA) is 381 Å². The molecule has 6 aliphatic heterocycles. The van der Waals surface area contributed by atoms with Crippen LogP contribution >= 0.6 is 47.8 Å². The molecule has 9 heterocycles. The van der Waals surface area contributed by atoms with Crippen LogP contribution in [0.15, 0.2) is 148 Å². The van der Waals surface area contributed by atoms with E-state index in [-0.39, 0.29) is 75.6 Å². The molecular formula is C68H75Br3F3N17O15. The van der Waals surface area contributed by atoms with Crippen LogP contribution in [0.1, 0.15) is 80.1 Å². The van der Waals surface area contributed by atoms with Crippen molar-refractivity contribution >= 4 is 101 Å². The van der Waals surface area contributed by atoms with Crippen molar-refractivity contribution in [3.8, 4) is 0 Å². The van der Waals surface area contributed by atoms with Crippen molar-refractivity contribution in [2.75, 3.05) is 98.5 Å². The van der Waals surface area contributed by atoms with Crippen molar-refractivity contribution in [2.24, 2.45) is 15.0 Å². The van der Waals surface area contributed by atoms with Gasteiger partial charge < -0.3 is 59.7 Å². The van der Waals surface area contributed by atoms with E-state index in [2.05, 4.69) is 89.0 Å². The number of rotatable bonds is 20. The zero-order chi connectivity index (χ0) is 75.9. The van der Waals surface area contributed by atoms with Crippen LogP contribution in [0.4, 0.5) is 13.2 Å². The van der Waals surface area contributed by atoms with E-state index >= 15 is 0 Å². The number of ether oxygens (including phenoxy) is 6. The lowest BCUT2D eigenvalue weighted by Gasteiger charge is -2.35. The highest BCUT2D eigenvalue weighted by atomic mass is 79.9. The second-order valence-electron chi connectivity index (χ2n) is 24.3. The molecule has 6 aliphatic rings. The average molecular weight is 1670 g/mol. The minimum Gasteiger partial charge on any atom is -0.481 e. The number of aryl methyl sites for hydroxylation is 2. The summed E-state index contributed by atoms with van der Waals surface area (Å²) >= 11 is 10.2. The number of carbonyl (C=O) groups excluding carboxylic acids is 3. The maximum absolute atomic E-state index is 13.9. The van der Waals surface area contributed by atoms with Gasteiger partial charge in [0.15, 0.2) is 6.10 Å². The molecule has 0 aliphatic carbocycles. The summed E-state index contributed by atoms with van der Waals surface area (Å²) in [6.07, 6.45) is 4.17. The first-order valence-electron chi connectivity index (χ1n) is 33.4. The summed E-state index contributed by atoms with van der Waals surface area (Å²) in [7, 11) is 0. The molecule has 0 spiro atoms. The van der Waals surface area contributed by atoms with Crippen LogP contribution < -0.4 is 16.0 Å². The number of carbonyl (C=O) groups is 6. The van der Waals surface area contributed by atoms with Crippen LogP contribution in [0.25, 0.3) is 0 Å². The van der Waals surface area contributed by atoms with E-state index in [0.29, 0.717) is 129 Å². The number of carboxylic acids is 3. The monoisotopic (exact) mass is 1660 g/mol. The molecule has 564 valence electrons. The molecule has 32 nitrogen and oxygen atoms in total. The zero-order valence-electron chi connectivity index (χ0n) is 57.8. The van der Waals surface area contributed by atoms with Gasteiger partial charge in [0.2, 0.25) is 17.9 Å². The number of carboxylic acid groups (broad SMARTS) is 3. The van der Waals surface area contributed by atoms with Crippen molar-refractivity contribution in [3.05, 3.63) is 179 Å². The van der Waals surface area contributed by atoms with E-state index in [1.165, 1.54) is 58.4 Å². The van der Waals surface area contributed by atoms with Gasteiger partial charge in [-0.15, -0.1) is 10.2 Å². The number of aliphatic carboxylic acids is 3. The van der Waals surface area contributed by atoms with Gasteiger partial charge in [0.25, 0.3) is 0 Å². The lowest BCUT2D eigenvalue weighted by Crippen LogP contribution is -2.49. The summed E-state index contributed by atoms with van der Waals surface area (Å²) in [6.45, 7) is 13.2. The number of hydrogen-bond acceptors (Lipinski definition) is 26. The van der Waals surface area contributed by atoms with Crippen LogP contribution in [0, 0.1) is 31.3 Å². The maximum atomic E-state index is 13.9. The SMILES string of the molecule is CCOC(=O)C1=C(CN2CCOC(C(=O)O)C2)NC(n2cnc(C)n2)=NC1c1ccc(F)cc1Br.CCOC(=O)C1=C(CN2CCOC(CC(=O)O)C2)NC(n2cccn2)=NC1c1ccc(F)cc1Br.CCOC(=O)C1=C(CN2CCOC(CC(=O)O)C2)NC(n2cnc(C)n2)=NC1c1ccc(F)cc1Br. The van der Waals surface area contributed by atoms with Crippen molar-refractivity contribution in [1.29, 1.82) is 0 Å². The minimum absolute atomic E-state index is 0.112. The highest BCUT2D eigenvalue weighted by Gasteiger charge is 2.40. The highest BCUT2D eigenvalue weighted by molar-refractivity contribution is 9.11. The molecular weight excluding hydrogens is 1590 g/mol. The Labute approximate surface area is 629 Å². The smallest absolute Gasteiger partial charge is 0.338 e. The molecule has 0 saturated carbocycles. The van der Waals surface area contributed by atoms with Gasteiger partial charge in [-0.25, -0.2) is 62.0 Å². The van der Waals surface area contributed by atoms with Crippen LogP contribution in [0.2, 0.25) is 0 Å². The summed E-state index contributed by atoms with van der Waals surface area (Å²) in [5, 5.41) is 50.2. The number of benzene rings is 3. The Bertz CT molecular complexity index is 4440. The lowest BCUT2D eigenvalue weighted by molar-refractivity contribution is -0.156. The second kappa shape index (κ2) is 36.7.